The minimum Gasteiger partial charge on any atom is -0.497 e. The molecular formula is C16H18N4O2. The summed E-state index contributed by atoms with van der Waals surface area (Å²) in [6, 6.07) is 11.7. The molecule has 2 aromatic heterocycles. The van der Waals surface area contributed by atoms with Crippen molar-refractivity contribution in [1.29, 1.82) is 0 Å². The molecule has 0 saturated heterocycles. The van der Waals surface area contributed by atoms with Crippen LogP contribution in [0.4, 0.5) is 5.82 Å². The fraction of sp³-hybridized carbons (Fsp3) is 0.250. The van der Waals surface area contributed by atoms with Crippen molar-refractivity contribution in [3.8, 4) is 17.0 Å². The average molecular weight is 298 g/mol. The number of anilines is 1. The van der Waals surface area contributed by atoms with Gasteiger partial charge >= 0.3 is 0 Å². The second-order valence-corrected chi connectivity index (χ2v) is 4.78. The summed E-state index contributed by atoms with van der Waals surface area (Å²) in [4.78, 5) is 4.40. The molecule has 0 fully saturated rings. The zero-order chi connectivity index (χ0) is 15.4. The average Bonchev–Trinajstić information content (AvgIpc) is 2.98. The van der Waals surface area contributed by atoms with Crippen LogP contribution in [-0.2, 0) is 4.74 Å². The Morgan fingerprint density at radius 1 is 1.18 bits per heavy atom. The van der Waals surface area contributed by atoms with E-state index in [-0.39, 0.29) is 0 Å². The standard InChI is InChI=1S/C16H18N4O2/c1-21-9-8-17-15-6-7-16-18-11-14(20(16)19-15)12-4-3-5-13(10-12)22-2/h3-7,10-11H,8-9H2,1-2H3,(H,17,19). The zero-order valence-electron chi connectivity index (χ0n) is 12.6. The normalized spacial score (nSPS) is 10.8. The van der Waals surface area contributed by atoms with Gasteiger partial charge in [0, 0.05) is 19.2 Å². The van der Waals surface area contributed by atoms with Gasteiger partial charge in [-0.25, -0.2) is 9.50 Å². The van der Waals surface area contributed by atoms with Crippen molar-refractivity contribution in [2.45, 2.75) is 0 Å². The van der Waals surface area contributed by atoms with Gasteiger partial charge in [-0.1, -0.05) is 12.1 Å². The summed E-state index contributed by atoms with van der Waals surface area (Å²) in [5.74, 6) is 1.59. The second kappa shape index (κ2) is 6.44. The zero-order valence-corrected chi connectivity index (χ0v) is 12.6. The molecule has 0 atom stereocenters. The summed E-state index contributed by atoms with van der Waals surface area (Å²) in [6.45, 7) is 1.34. The molecule has 1 aromatic carbocycles. The van der Waals surface area contributed by atoms with Crippen molar-refractivity contribution in [1.82, 2.24) is 14.6 Å². The Kier molecular flexibility index (Phi) is 4.20. The molecule has 0 aliphatic rings. The van der Waals surface area contributed by atoms with Crippen LogP contribution in [0.3, 0.4) is 0 Å². The van der Waals surface area contributed by atoms with Gasteiger partial charge in [-0.15, -0.1) is 5.10 Å². The van der Waals surface area contributed by atoms with E-state index < -0.39 is 0 Å². The van der Waals surface area contributed by atoms with Gasteiger partial charge in [-0.3, -0.25) is 0 Å². The van der Waals surface area contributed by atoms with Crippen LogP contribution in [0.2, 0.25) is 0 Å². The maximum absolute atomic E-state index is 5.28. The SMILES string of the molecule is COCCNc1ccc2ncc(-c3cccc(OC)c3)n2n1. The quantitative estimate of drug-likeness (QED) is 0.708. The molecule has 0 radical (unpaired) electrons. The highest BCUT2D eigenvalue weighted by Gasteiger charge is 2.08. The first-order chi connectivity index (χ1) is 10.8. The number of rotatable bonds is 6. The number of fused-ring (bicyclic) bond motifs is 1. The van der Waals surface area contributed by atoms with Gasteiger partial charge in [-0.05, 0) is 24.3 Å². The van der Waals surface area contributed by atoms with Crippen LogP contribution in [0.1, 0.15) is 0 Å². The highest BCUT2D eigenvalue weighted by molar-refractivity contribution is 5.65. The van der Waals surface area contributed by atoms with E-state index in [1.54, 1.807) is 14.2 Å². The first-order valence-electron chi connectivity index (χ1n) is 7.04. The molecule has 2 heterocycles. The van der Waals surface area contributed by atoms with E-state index in [2.05, 4.69) is 15.4 Å². The van der Waals surface area contributed by atoms with Crippen LogP contribution in [0.5, 0.6) is 5.75 Å². The Balaban J connectivity index is 1.97. The molecule has 0 saturated carbocycles. The fourth-order valence-corrected chi connectivity index (χ4v) is 2.23. The highest BCUT2D eigenvalue weighted by atomic mass is 16.5. The lowest BCUT2D eigenvalue weighted by Crippen LogP contribution is -2.10. The Labute approximate surface area is 128 Å². The number of aromatic nitrogens is 3. The summed E-state index contributed by atoms with van der Waals surface area (Å²) >= 11 is 0. The van der Waals surface area contributed by atoms with Gasteiger partial charge in [-0.2, -0.15) is 0 Å². The minimum atomic E-state index is 0.631. The van der Waals surface area contributed by atoms with Gasteiger partial charge in [0.2, 0.25) is 0 Å². The fourth-order valence-electron chi connectivity index (χ4n) is 2.23. The Bertz CT molecular complexity index is 770. The Morgan fingerprint density at radius 3 is 2.91 bits per heavy atom. The van der Waals surface area contributed by atoms with E-state index in [4.69, 9.17) is 9.47 Å². The number of nitrogens with zero attached hydrogens (tertiary/aromatic N) is 3. The largest absolute Gasteiger partial charge is 0.497 e. The van der Waals surface area contributed by atoms with E-state index in [0.717, 1.165) is 28.5 Å². The Hall–Kier alpha value is -2.60. The lowest BCUT2D eigenvalue weighted by atomic mass is 10.1. The lowest BCUT2D eigenvalue weighted by Gasteiger charge is -2.07. The summed E-state index contributed by atoms with van der Waals surface area (Å²) < 4.78 is 12.1. The molecular weight excluding hydrogens is 280 g/mol. The number of hydrogen-bond acceptors (Lipinski definition) is 5. The van der Waals surface area contributed by atoms with Gasteiger partial charge in [0.05, 0.1) is 25.6 Å². The first kappa shape index (κ1) is 14.3. The highest BCUT2D eigenvalue weighted by Crippen LogP contribution is 2.24. The van der Waals surface area contributed by atoms with E-state index in [1.165, 1.54) is 0 Å². The molecule has 3 rings (SSSR count). The Morgan fingerprint density at radius 2 is 2.09 bits per heavy atom. The molecule has 0 spiro atoms. The van der Waals surface area contributed by atoms with Crippen LogP contribution in [-0.4, -0.2) is 42.0 Å². The molecule has 0 amide bonds. The van der Waals surface area contributed by atoms with Crippen LogP contribution < -0.4 is 10.1 Å². The van der Waals surface area contributed by atoms with Crippen LogP contribution in [0.15, 0.2) is 42.6 Å². The van der Waals surface area contributed by atoms with Gasteiger partial charge < -0.3 is 14.8 Å². The van der Waals surface area contributed by atoms with E-state index in [9.17, 15) is 0 Å². The molecule has 6 nitrogen and oxygen atoms in total. The van der Waals surface area contributed by atoms with Crippen molar-refractivity contribution < 1.29 is 9.47 Å². The summed E-state index contributed by atoms with van der Waals surface area (Å²) in [7, 11) is 3.33. The molecule has 0 aliphatic carbocycles. The second-order valence-electron chi connectivity index (χ2n) is 4.78. The third-order valence-corrected chi connectivity index (χ3v) is 3.34. The molecule has 0 bridgehead atoms. The third-order valence-electron chi connectivity index (χ3n) is 3.34. The van der Waals surface area contributed by atoms with E-state index >= 15 is 0 Å². The third kappa shape index (κ3) is 2.87. The van der Waals surface area contributed by atoms with Crippen molar-refractivity contribution in [3.05, 3.63) is 42.6 Å². The number of imidazole rings is 1. The molecule has 1 N–H and O–H groups in total. The van der Waals surface area contributed by atoms with Gasteiger partial charge in [0.25, 0.3) is 0 Å². The number of ether oxygens (including phenoxy) is 2. The smallest absolute Gasteiger partial charge is 0.154 e. The molecule has 22 heavy (non-hydrogen) atoms. The summed E-state index contributed by atoms with van der Waals surface area (Å²) in [6.07, 6.45) is 1.82. The molecule has 6 heteroatoms. The number of benzene rings is 1. The van der Waals surface area contributed by atoms with Crippen molar-refractivity contribution in [3.63, 3.8) is 0 Å². The van der Waals surface area contributed by atoms with Crippen LogP contribution >= 0.6 is 0 Å². The summed E-state index contributed by atoms with van der Waals surface area (Å²) in [5.41, 5.74) is 2.73. The van der Waals surface area contributed by atoms with Gasteiger partial charge in [0.1, 0.15) is 11.6 Å². The van der Waals surface area contributed by atoms with Crippen molar-refractivity contribution >= 4 is 11.5 Å². The van der Waals surface area contributed by atoms with E-state index in [1.807, 2.05) is 47.1 Å². The topological polar surface area (TPSA) is 60.7 Å². The van der Waals surface area contributed by atoms with Crippen LogP contribution in [0.25, 0.3) is 16.9 Å². The predicted octanol–water partition coefficient (Wildman–Crippen LogP) is 2.46. The predicted molar refractivity (Wildman–Crippen MR) is 85.3 cm³/mol. The lowest BCUT2D eigenvalue weighted by molar-refractivity contribution is 0.210. The minimum absolute atomic E-state index is 0.631. The van der Waals surface area contributed by atoms with Crippen LogP contribution in [0, 0.1) is 0 Å². The van der Waals surface area contributed by atoms with Crippen molar-refractivity contribution in [2.75, 3.05) is 32.7 Å². The first-order valence-corrected chi connectivity index (χ1v) is 7.04. The molecule has 3 aromatic rings. The maximum Gasteiger partial charge on any atom is 0.154 e. The maximum atomic E-state index is 5.28. The molecule has 114 valence electrons. The number of nitrogens with one attached hydrogen (secondary N) is 1. The van der Waals surface area contributed by atoms with E-state index in [0.29, 0.717) is 13.2 Å². The number of hydrogen-bond donors (Lipinski definition) is 1. The monoisotopic (exact) mass is 298 g/mol. The number of methoxy groups -OCH3 is 2. The molecule has 0 aliphatic heterocycles. The van der Waals surface area contributed by atoms with Gasteiger partial charge in [0.15, 0.2) is 5.65 Å². The summed E-state index contributed by atoms with van der Waals surface area (Å²) in [5, 5.41) is 7.80. The molecule has 0 unspecified atom stereocenters. The van der Waals surface area contributed by atoms with Crippen molar-refractivity contribution in [2.24, 2.45) is 0 Å².